The largest absolute Gasteiger partial charge is 0.464 e. The minimum absolute atomic E-state index is 0.326. The second kappa shape index (κ2) is 5.97. The van der Waals surface area contributed by atoms with Crippen LogP contribution in [0.3, 0.4) is 0 Å². The van der Waals surface area contributed by atoms with Crippen molar-refractivity contribution in [2.24, 2.45) is 0 Å². The van der Waals surface area contributed by atoms with Crippen LogP contribution in [0.15, 0.2) is 48.5 Å². The van der Waals surface area contributed by atoms with Crippen molar-refractivity contribution in [3.8, 4) is 11.1 Å². The number of cyclic esters (lactones) is 1. The van der Waals surface area contributed by atoms with E-state index in [0.29, 0.717) is 24.2 Å². The highest BCUT2D eigenvalue weighted by Gasteiger charge is 2.28. The zero-order chi connectivity index (χ0) is 15.5. The summed E-state index contributed by atoms with van der Waals surface area (Å²) in [6, 6.07) is 12.4. The topological polar surface area (TPSA) is 55.4 Å². The van der Waals surface area contributed by atoms with Crippen molar-refractivity contribution in [1.29, 1.82) is 0 Å². The number of esters is 1. The number of rotatable bonds is 3. The molecule has 1 N–H and O–H groups in total. The molecule has 2 aromatic rings. The van der Waals surface area contributed by atoms with Crippen molar-refractivity contribution in [3.05, 3.63) is 59.9 Å². The van der Waals surface area contributed by atoms with Crippen LogP contribution in [0.2, 0.25) is 0 Å². The van der Waals surface area contributed by atoms with Gasteiger partial charge in [0, 0.05) is 12.0 Å². The van der Waals surface area contributed by atoms with Crippen LogP contribution in [0.5, 0.6) is 0 Å². The van der Waals surface area contributed by atoms with E-state index in [-0.39, 0.29) is 11.7 Å². The summed E-state index contributed by atoms with van der Waals surface area (Å²) in [7, 11) is 0. The van der Waals surface area contributed by atoms with Gasteiger partial charge in [-0.25, -0.2) is 9.18 Å². The lowest BCUT2D eigenvalue weighted by molar-refractivity contribution is -0.139. The van der Waals surface area contributed by atoms with Crippen LogP contribution in [0.1, 0.15) is 16.8 Å². The summed E-state index contributed by atoms with van der Waals surface area (Å²) in [5.74, 6) is -1.09. The lowest BCUT2D eigenvalue weighted by Gasteiger charge is -2.10. The van der Waals surface area contributed by atoms with E-state index in [0.717, 1.165) is 5.56 Å². The van der Waals surface area contributed by atoms with Crippen molar-refractivity contribution in [1.82, 2.24) is 5.32 Å². The van der Waals surface area contributed by atoms with Crippen LogP contribution in [0, 0.1) is 5.82 Å². The highest BCUT2D eigenvalue weighted by atomic mass is 19.1. The maximum absolute atomic E-state index is 13.3. The molecule has 0 unspecified atom stereocenters. The van der Waals surface area contributed by atoms with Crippen molar-refractivity contribution < 1.29 is 18.7 Å². The number of halogens is 1. The van der Waals surface area contributed by atoms with E-state index in [9.17, 15) is 14.0 Å². The first-order valence-electron chi connectivity index (χ1n) is 6.97. The van der Waals surface area contributed by atoms with Crippen LogP contribution in [-0.4, -0.2) is 24.5 Å². The number of benzene rings is 2. The lowest BCUT2D eigenvalue weighted by atomic mass is 10.0. The van der Waals surface area contributed by atoms with Gasteiger partial charge in [0.15, 0.2) is 0 Å². The molecule has 1 fully saturated rings. The number of hydrogen-bond acceptors (Lipinski definition) is 3. The summed E-state index contributed by atoms with van der Waals surface area (Å²) < 4.78 is 18.1. The van der Waals surface area contributed by atoms with Gasteiger partial charge in [0.1, 0.15) is 11.9 Å². The summed E-state index contributed by atoms with van der Waals surface area (Å²) in [4.78, 5) is 23.6. The fraction of sp³-hybridized carbons (Fsp3) is 0.176. The van der Waals surface area contributed by atoms with Gasteiger partial charge in [0.25, 0.3) is 5.91 Å². The molecule has 1 aliphatic rings. The first kappa shape index (κ1) is 14.3. The Bertz CT molecular complexity index is 729. The number of nitrogens with one attached hydrogen (secondary N) is 1. The summed E-state index contributed by atoms with van der Waals surface area (Å²) in [5, 5.41) is 2.65. The number of carbonyl (C=O) groups excluding carboxylic acids is 2. The molecule has 0 bridgehead atoms. The first-order valence-corrected chi connectivity index (χ1v) is 6.97. The molecular formula is C17H14FNO3. The molecule has 0 aliphatic carbocycles. The van der Waals surface area contributed by atoms with E-state index < -0.39 is 12.0 Å². The third-order valence-corrected chi connectivity index (χ3v) is 3.52. The molecule has 1 heterocycles. The van der Waals surface area contributed by atoms with Crippen LogP contribution in [-0.2, 0) is 9.53 Å². The zero-order valence-electron chi connectivity index (χ0n) is 11.7. The minimum Gasteiger partial charge on any atom is -0.464 e. The molecule has 2 aromatic carbocycles. The van der Waals surface area contributed by atoms with Gasteiger partial charge in [-0.3, -0.25) is 4.79 Å². The number of hydrogen-bond donors (Lipinski definition) is 1. The molecule has 1 aliphatic heterocycles. The van der Waals surface area contributed by atoms with Gasteiger partial charge in [-0.2, -0.15) is 0 Å². The molecule has 1 saturated heterocycles. The smallest absolute Gasteiger partial charge is 0.328 e. The van der Waals surface area contributed by atoms with E-state index >= 15 is 0 Å². The fourth-order valence-electron chi connectivity index (χ4n) is 2.38. The molecule has 4 nitrogen and oxygen atoms in total. The van der Waals surface area contributed by atoms with E-state index in [2.05, 4.69) is 5.32 Å². The number of amides is 1. The van der Waals surface area contributed by atoms with Crippen LogP contribution in [0.25, 0.3) is 11.1 Å². The maximum Gasteiger partial charge on any atom is 0.328 e. The summed E-state index contributed by atoms with van der Waals surface area (Å²) >= 11 is 0. The normalized spacial score (nSPS) is 17.1. The monoisotopic (exact) mass is 299 g/mol. The second-order valence-electron chi connectivity index (χ2n) is 5.07. The SMILES string of the molecule is O=C(N[C@H]1CCOC1=O)c1cccc(-c2cccc(F)c2)c1. The second-order valence-corrected chi connectivity index (χ2v) is 5.07. The molecule has 1 atom stereocenters. The molecule has 1 amide bonds. The molecule has 0 spiro atoms. The predicted octanol–water partition coefficient (Wildman–Crippen LogP) is 2.54. The lowest BCUT2D eigenvalue weighted by Crippen LogP contribution is -2.37. The van der Waals surface area contributed by atoms with Gasteiger partial charge in [0.2, 0.25) is 0 Å². The Balaban J connectivity index is 1.81. The Labute approximate surface area is 126 Å². The van der Waals surface area contributed by atoms with Gasteiger partial charge in [-0.05, 0) is 35.4 Å². The average molecular weight is 299 g/mol. The highest BCUT2D eigenvalue weighted by Crippen LogP contribution is 2.21. The molecule has 112 valence electrons. The Kier molecular flexibility index (Phi) is 3.87. The van der Waals surface area contributed by atoms with Gasteiger partial charge in [-0.1, -0.05) is 24.3 Å². The van der Waals surface area contributed by atoms with Gasteiger partial charge in [0.05, 0.1) is 6.61 Å². The van der Waals surface area contributed by atoms with E-state index in [4.69, 9.17) is 4.74 Å². The predicted molar refractivity (Wildman–Crippen MR) is 78.7 cm³/mol. The molecule has 22 heavy (non-hydrogen) atoms. The summed E-state index contributed by atoms with van der Waals surface area (Å²) in [6.45, 7) is 0.326. The molecule has 0 aromatic heterocycles. The summed E-state index contributed by atoms with van der Waals surface area (Å²) in [6.07, 6.45) is 0.480. The highest BCUT2D eigenvalue weighted by molar-refractivity contribution is 5.98. The van der Waals surface area contributed by atoms with Crippen molar-refractivity contribution in [3.63, 3.8) is 0 Å². The Morgan fingerprint density at radius 2 is 1.86 bits per heavy atom. The number of carbonyl (C=O) groups is 2. The molecule has 3 rings (SSSR count). The van der Waals surface area contributed by atoms with E-state index in [1.807, 2.05) is 0 Å². The Morgan fingerprint density at radius 3 is 2.55 bits per heavy atom. The van der Waals surface area contributed by atoms with Crippen molar-refractivity contribution in [2.75, 3.05) is 6.61 Å². The third kappa shape index (κ3) is 2.98. The first-order chi connectivity index (χ1) is 10.6. The average Bonchev–Trinajstić information content (AvgIpc) is 2.92. The quantitative estimate of drug-likeness (QED) is 0.886. The minimum atomic E-state index is -0.592. The van der Waals surface area contributed by atoms with Crippen LogP contribution >= 0.6 is 0 Å². The van der Waals surface area contributed by atoms with Crippen LogP contribution in [0.4, 0.5) is 4.39 Å². The van der Waals surface area contributed by atoms with Crippen molar-refractivity contribution >= 4 is 11.9 Å². The fourth-order valence-corrected chi connectivity index (χ4v) is 2.38. The molecule has 0 radical (unpaired) electrons. The van der Waals surface area contributed by atoms with E-state index in [1.165, 1.54) is 12.1 Å². The summed E-state index contributed by atoms with van der Waals surface area (Å²) in [5.41, 5.74) is 1.84. The molecule has 0 saturated carbocycles. The van der Waals surface area contributed by atoms with Gasteiger partial charge >= 0.3 is 5.97 Å². The third-order valence-electron chi connectivity index (χ3n) is 3.52. The van der Waals surface area contributed by atoms with Crippen molar-refractivity contribution in [2.45, 2.75) is 12.5 Å². The van der Waals surface area contributed by atoms with Crippen LogP contribution < -0.4 is 5.32 Å². The van der Waals surface area contributed by atoms with Gasteiger partial charge in [-0.15, -0.1) is 0 Å². The standard InChI is InChI=1S/C17H14FNO3/c18-14-6-2-4-12(10-14)11-3-1-5-13(9-11)16(20)19-15-7-8-22-17(15)21/h1-6,9-10,15H,7-8H2,(H,19,20)/t15-/m0/s1. The Morgan fingerprint density at radius 1 is 1.14 bits per heavy atom. The zero-order valence-corrected chi connectivity index (χ0v) is 11.7. The number of ether oxygens (including phenoxy) is 1. The Hall–Kier alpha value is -2.69. The van der Waals surface area contributed by atoms with E-state index in [1.54, 1.807) is 36.4 Å². The molecule has 5 heteroatoms. The van der Waals surface area contributed by atoms with Gasteiger partial charge < -0.3 is 10.1 Å². The maximum atomic E-state index is 13.3. The molecular weight excluding hydrogens is 285 g/mol.